The maximum Gasteiger partial charge on any atom is 0.268 e. The van der Waals surface area contributed by atoms with Crippen molar-refractivity contribution in [2.75, 3.05) is 40.9 Å². The molecule has 3 unspecified atom stereocenters. The van der Waals surface area contributed by atoms with Gasteiger partial charge in [0.1, 0.15) is 13.2 Å². The number of aliphatic hydroxyl groups is 1. The van der Waals surface area contributed by atoms with Crippen LogP contribution < -0.4 is 10.2 Å². The van der Waals surface area contributed by atoms with Crippen molar-refractivity contribution < 1.29 is 32.9 Å². The number of hydrogen-bond acceptors (Lipinski definition) is 6. The molecule has 0 radical (unpaired) electrons. The average molecular weight is 1090 g/mol. The molecule has 0 heterocycles. The fraction of sp³-hybridized carbons (Fsp3) is 0.632. The van der Waals surface area contributed by atoms with Crippen molar-refractivity contribution in [2.24, 2.45) is 0 Å². The second kappa shape index (κ2) is 57.1. The van der Waals surface area contributed by atoms with Crippen molar-refractivity contribution in [3.05, 3.63) is 146 Å². The number of quaternary nitrogens is 1. The molecule has 3 atom stereocenters. The van der Waals surface area contributed by atoms with E-state index in [9.17, 15) is 19.4 Å². The van der Waals surface area contributed by atoms with Gasteiger partial charge in [-0.2, -0.15) is 0 Å². The van der Waals surface area contributed by atoms with Crippen LogP contribution in [0.3, 0.4) is 0 Å². The third-order valence-corrected chi connectivity index (χ3v) is 13.7. The first-order chi connectivity index (χ1) is 37.5. The number of phosphoric ester groups is 1. The number of carbonyl (C=O) groups excluding carboxylic acids is 1. The normalized spacial score (nSPS) is 14.8. The van der Waals surface area contributed by atoms with Crippen LogP contribution in [-0.2, 0) is 18.4 Å². The van der Waals surface area contributed by atoms with E-state index in [1.165, 1.54) is 89.9 Å². The molecule has 0 aliphatic rings. The van der Waals surface area contributed by atoms with Gasteiger partial charge >= 0.3 is 0 Å². The number of nitrogens with one attached hydrogen (secondary N) is 1. The number of aliphatic hydroxyl groups excluding tert-OH is 1. The van der Waals surface area contributed by atoms with Gasteiger partial charge in [0.2, 0.25) is 5.91 Å². The highest BCUT2D eigenvalue weighted by Gasteiger charge is 2.23. The van der Waals surface area contributed by atoms with E-state index in [1.54, 1.807) is 6.08 Å². The summed E-state index contributed by atoms with van der Waals surface area (Å²) >= 11 is 0. The summed E-state index contributed by atoms with van der Waals surface area (Å²) in [5.74, 6) is -0.218. The molecule has 9 heteroatoms. The van der Waals surface area contributed by atoms with Gasteiger partial charge in [-0.3, -0.25) is 9.36 Å². The van der Waals surface area contributed by atoms with Crippen molar-refractivity contribution in [1.82, 2.24) is 5.32 Å². The number of phosphoric acid groups is 1. The first kappa shape index (κ1) is 73.4. The number of rotatable bonds is 54. The summed E-state index contributed by atoms with van der Waals surface area (Å²) in [4.78, 5) is 25.5. The van der Waals surface area contributed by atoms with E-state index in [1.807, 2.05) is 27.2 Å². The minimum absolute atomic E-state index is 0.0138. The molecule has 8 nitrogen and oxygen atoms in total. The van der Waals surface area contributed by atoms with E-state index in [-0.39, 0.29) is 12.5 Å². The second-order valence-electron chi connectivity index (χ2n) is 21.3. The average Bonchev–Trinajstić information content (AvgIpc) is 3.39. The lowest BCUT2D eigenvalue weighted by Gasteiger charge is -2.29. The summed E-state index contributed by atoms with van der Waals surface area (Å²) in [5, 5.41) is 13.8. The Bertz CT molecular complexity index is 1760. The van der Waals surface area contributed by atoms with Gasteiger partial charge < -0.3 is 28.8 Å². The van der Waals surface area contributed by atoms with Crippen molar-refractivity contribution >= 4 is 13.7 Å². The Morgan fingerprint density at radius 3 is 1.21 bits per heavy atom. The zero-order valence-corrected chi connectivity index (χ0v) is 50.7. The Morgan fingerprint density at radius 1 is 0.468 bits per heavy atom. The van der Waals surface area contributed by atoms with E-state index in [2.05, 4.69) is 153 Å². The number of carbonyl (C=O) groups is 1. The smallest absolute Gasteiger partial charge is 0.268 e. The number of allylic oxidation sites excluding steroid dienone is 23. The third kappa shape index (κ3) is 59.9. The van der Waals surface area contributed by atoms with Crippen LogP contribution in [0, 0.1) is 0 Å². The van der Waals surface area contributed by atoms with Crippen LogP contribution in [0.4, 0.5) is 0 Å². The molecule has 0 bridgehead atoms. The zero-order chi connectivity index (χ0) is 56.3. The lowest BCUT2D eigenvalue weighted by Crippen LogP contribution is -2.45. The molecule has 0 aliphatic carbocycles. The maximum absolute atomic E-state index is 13.0. The Balaban J connectivity index is 4.11. The monoisotopic (exact) mass is 1090 g/mol. The lowest BCUT2D eigenvalue weighted by atomic mass is 10.0. The predicted octanol–water partition coefficient (Wildman–Crippen LogP) is 18.6. The third-order valence-electron chi connectivity index (χ3n) is 12.8. The molecule has 0 fully saturated rings. The molecule has 0 spiro atoms. The Labute approximate surface area is 474 Å². The van der Waals surface area contributed by atoms with Gasteiger partial charge in [-0.15, -0.1) is 0 Å². The molecule has 0 aromatic heterocycles. The van der Waals surface area contributed by atoms with E-state index in [4.69, 9.17) is 9.05 Å². The molecule has 77 heavy (non-hydrogen) atoms. The highest BCUT2D eigenvalue weighted by molar-refractivity contribution is 7.45. The standard InChI is InChI=1S/C68H115N2O6P/c1-6-8-10-12-14-16-18-20-22-23-24-25-26-27-28-29-30-31-32-33-34-35-36-37-38-39-40-41-42-43-44-45-46-47-48-50-52-54-56-58-60-62-68(72)69-66(65-76-77(73,74)75-64-63-70(3,4)5)67(71)61-59-57-55-53-51-49-21-19-17-15-13-11-9-7-2/h8,10,14,16,20,22,24-25,27-28,30-31,33-34,36-37,39-40,42-43,51,53,59,61,66-67,71H,6-7,9,11-13,15,17-19,21,23,26,29,32,35,38,41,44-50,52,54-58,60,62-65H2,1-5H3,(H-,69,72,73,74)/b10-8-,16-14-,22-20-,25-24-,28-27-,31-30-,34-33-,37-36-,40-39-,43-42-,53-51+,61-59+. The highest BCUT2D eigenvalue weighted by Crippen LogP contribution is 2.38. The number of nitrogens with zero attached hydrogens (tertiary/aromatic N) is 1. The first-order valence-electron chi connectivity index (χ1n) is 30.7. The fourth-order valence-electron chi connectivity index (χ4n) is 8.02. The lowest BCUT2D eigenvalue weighted by molar-refractivity contribution is -0.870. The molecule has 0 aromatic rings. The van der Waals surface area contributed by atoms with Gasteiger partial charge in [0.25, 0.3) is 7.82 Å². The maximum atomic E-state index is 13.0. The van der Waals surface area contributed by atoms with E-state index >= 15 is 0 Å². The molecular weight excluding hydrogens is 972 g/mol. The van der Waals surface area contributed by atoms with Crippen LogP contribution >= 0.6 is 7.82 Å². The number of hydrogen-bond donors (Lipinski definition) is 2. The predicted molar refractivity (Wildman–Crippen MR) is 334 cm³/mol. The Morgan fingerprint density at radius 2 is 0.805 bits per heavy atom. The van der Waals surface area contributed by atoms with Crippen molar-refractivity contribution in [2.45, 2.75) is 238 Å². The van der Waals surface area contributed by atoms with Crippen molar-refractivity contribution in [3.8, 4) is 0 Å². The summed E-state index contributed by atoms with van der Waals surface area (Å²) in [5.41, 5.74) is 0. The molecule has 0 rings (SSSR count). The van der Waals surface area contributed by atoms with Gasteiger partial charge in [-0.1, -0.05) is 256 Å². The highest BCUT2D eigenvalue weighted by atomic mass is 31.2. The first-order valence-corrected chi connectivity index (χ1v) is 32.2. The van der Waals surface area contributed by atoms with Crippen LogP contribution in [-0.4, -0.2) is 68.5 Å². The number of likely N-dealkylation sites (N-methyl/N-ethyl adjacent to an activating group) is 1. The van der Waals surface area contributed by atoms with Gasteiger partial charge in [0, 0.05) is 6.42 Å². The van der Waals surface area contributed by atoms with Gasteiger partial charge in [0.05, 0.1) is 39.9 Å². The van der Waals surface area contributed by atoms with E-state index in [0.717, 1.165) is 116 Å². The topological polar surface area (TPSA) is 108 Å². The zero-order valence-electron chi connectivity index (χ0n) is 49.8. The summed E-state index contributed by atoms with van der Waals surface area (Å²) in [7, 11) is 1.22. The quantitative estimate of drug-likeness (QED) is 0.0272. The van der Waals surface area contributed by atoms with Crippen LogP contribution in [0.25, 0.3) is 0 Å². The van der Waals surface area contributed by atoms with Crippen LogP contribution in [0.1, 0.15) is 226 Å². The van der Waals surface area contributed by atoms with E-state index in [0.29, 0.717) is 17.4 Å². The van der Waals surface area contributed by atoms with E-state index < -0.39 is 26.6 Å². The summed E-state index contributed by atoms with van der Waals surface area (Å²) in [6.07, 6.45) is 88.0. The molecule has 0 aromatic carbocycles. The molecular formula is C68H115N2O6P. The second-order valence-corrected chi connectivity index (χ2v) is 22.7. The minimum atomic E-state index is -4.61. The van der Waals surface area contributed by atoms with Gasteiger partial charge in [-0.05, 0) is 109 Å². The molecule has 0 saturated heterocycles. The van der Waals surface area contributed by atoms with Crippen LogP contribution in [0.15, 0.2) is 146 Å². The summed E-state index contributed by atoms with van der Waals surface area (Å²) in [6, 6.07) is -0.915. The molecule has 2 N–H and O–H groups in total. The molecule has 1 amide bonds. The summed E-state index contributed by atoms with van der Waals surface area (Å²) < 4.78 is 23.3. The number of unbranched alkanes of at least 4 members (excludes halogenated alkanes) is 19. The van der Waals surface area contributed by atoms with Gasteiger partial charge in [-0.25, -0.2) is 0 Å². The van der Waals surface area contributed by atoms with Crippen LogP contribution in [0.2, 0.25) is 0 Å². The SMILES string of the molecule is CC/C=C\C/C=C\C/C=C\C/C=C\C/C=C\C/C=C\C/C=C\C/C=C\C/C=C\C/C=C\CCCCCCCCCCCCC(=O)NC(COP(=O)([O-])OCC[N+](C)(C)C)C(O)/C=C/CC/C=C/CCCCCCCCCC. The minimum Gasteiger partial charge on any atom is -0.756 e. The fourth-order valence-corrected chi connectivity index (χ4v) is 8.74. The van der Waals surface area contributed by atoms with Gasteiger partial charge in [0.15, 0.2) is 0 Å². The number of amides is 1. The van der Waals surface area contributed by atoms with Crippen LogP contribution in [0.5, 0.6) is 0 Å². The molecule has 438 valence electrons. The molecule has 0 aliphatic heterocycles. The summed E-state index contributed by atoms with van der Waals surface area (Å²) in [6.45, 7) is 4.48. The molecule has 0 saturated carbocycles. The van der Waals surface area contributed by atoms with Crippen molar-refractivity contribution in [3.63, 3.8) is 0 Å². The van der Waals surface area contributed by atoms with Crippen molar-refractivity contribution in [1.29, 1.82) is 0 Å². The Kier molecular flexibility index (Phi) is 54.4. The largest absolute Gasteiger partial charge is 0.756 e. The Hall–Kier alpha value is -3.62.